The molecule has 25 heavy (non-hydrogen) atoms. The number of hydrogen-bond donors (Lipinski definition) is 0. The largest absolute Gasteiger partial charge is 0.338 e. The van der Waals surface area contributed by atoms with Crippen LogP contribution in [0.4, 0.5) is 0 Å². The first-order valence-corrected chi connectivity index (χ1v) is 7.90. The standard InChI is InChI=1S/C17H16N4O4/c18-6-5-14(22)19-7-9-20(10-8-19)15(23)11-21-16(24)12-3-1-2-4-13(12)17(21)25/h1-4H,5,7-11H2. The molecule has 128 valence electrons. The van der Waals surface area contributed by atoms with Crippen LogP contribution >= 0.6 is 0 Å². The highest BCUT2D eigenvalue weighted by molar-refractivity contribution is 6.22. The summed E-state index contributed by atoms with van der Waals surface area (Å²) in [5.74, 6) is -1.51. The predicted molar refractivity (Wildman–Crippen MR) is 85.2 cm³/mol. The number of rotatable bonds is 3. The maximum absolute atomic E-state index is 12.4. The molecule has 2 aliphatic rings. The zero-order valence-corrected chi connectivity index (χ0v) is 13.5. The molecule has 0 bridgehead atoms. The minimum atomic E-state index is -0.461. The first-order valence-electron chi connectivity index (χ1n) is 7.90. The molecule has 4 amide bonds. The number of carbonyl (C=O) groups is 4. The van der Waals surface area contributed by atoms with Crippen LogP contribution in [-0.2, 0) is 9.59 Å². The summed E-state index contributed by atoms with van der Waals surface area (Å²) < 4.78 is 0. The summed E-state index contributed by atoms with van der Waals surface area (Å²) in [6.45, 7) is 1.01. The molecule has 0 radical (unpaired) electrons. The molecule has 0 unspecified atom stereocenters. The van der Waals surface area contributed by atoms with Gasteiger partial charge in [0, 0.05) is 26.2 Å². The van der Waals surface area contributed by atoms with Gasteiger partial charge in [-0.05, 0) is 12.1 Å². The number of benzene rings is 1. The zero-order chi connectivity index (χ0) is 18.0. The van der Waals surface area contributed by atoms with Crippen LogP contribution in [-0.4, -0.2) is 71.1 Å². The number of amides is 4. The third-order valence-corrected chi connectivity index (χ3v) is 4.39. The number of nitriles is 1. The minimum absolute atomic E-state index is 0.178. The van der Waals surface area contributed by atoms with Crippen molar-refractivity contribution in [2.45, 2.75) is 6.42 Å². The van der Waals surface area contributed by atoms with Crippen molar-refractivity contribution in [1.29, 1.82) is 5.26 Å². The number of nitrogens with zero attached hydrogens (tertiary/aromatic N) is 4. The molecule has 0 saturated carbocycles. The van der Waals surface area contributed by atoms with Gasteiger partial charge < -0.3 is 9.80 Å². The van der Waals surface area contributed by atoms with Crippen molar-refractivity contribution in [3.8, 4) is 6.07 Å². The monoisotopic (exact) mass is 340 g/mol. The Morgan fingerprint density at radius 1 is 0.920 bits per heavy atom. The molecular weight excluding hydrogens is 324 g/mol. The van der Waals surface area contributed by atoms with E-state index in [4.69, 9.17) is 5.26 Å². The SMILES string of the molecule is N#CCC(=O)N1CCN(C(=O)CN2C(=O)c3ccccc3C2=O)CC1. The molecular formula is C17H16N4O4. The van der Waals surface area contributed by atoms with Crippen molar-refractivity contribution in [3.63, 3.8) is 0 Å². The molecule has 0 aliphatic carbocycles. The van der Waals surface area contributed by atoms with E-state index in [1.165, 1.54) is 9.80 Å². The Labute approximate surface area is 144 Å². The third-order valence-electron chi connectivity index (χ3n) is 4.39. The predicted octanol–water partition coefficient (Wildman–Crippen LogP) is -0.133. The van der Waals surface area contributed by atoms with E-state index in [1.807, 2.05) is 6.07 Å². The molecule has 0 N–H and O–H groups in total. The minimum Gasteiger partial charge on any atom is -0.338 e. The van der Waals surface area contributed by atoms with Crippen molar-refractivity contribution >= 4 is 23.6 Å². The summed E-state index contributed by atoms with van der Waals surface area (Å²) in [7, 11) is 0. The lowest BCUT2D eigenvalue weighted by atomic mass is 10.1. The highest BCUT2D eigenvalue weighted by Gasteiger charge is 2.37. The van der Waals surface area contributed by atoms with Gasteiger partial charge in [-0.1, -0.05) is 12.1 Å². The first-order chi connectivity index (χ1) is 12.0. The van der Waals surface area contributed by atoms with Crippen molar-refractivity contribution in [2.24, 2.45) is 0 Å². The fraction of sp³-hybridized carbons (Fsp3) is 0.353. The molecule has 0 spiro atoms. The van der Waals surface area contributed by atoms with Crippen LogP contribution in [0.15, 0.2) is 24.3 Å². The number of piperazine rings is 1. The average molecular weight is 340 g/mol. The van der Waals surface area contributed by atoms with Gasteiger partial charge in [0.1, 0.15) is 13.0 Å². The number of imide groups is 1. The fourth-order valence-corrected chi connectivity index (χ4v) is 3.00. The van der Waals surface area contributed by atoms with Crippen LogP contribution in [0.25, 0.3) is 0 Å². The normalized spacial score (nSPS) is 16.7. The van der Waals surface area contributed by atoms with Crippen molar-refractivity contribution < 1.29 is 19.2 Å². The van der Waals surface area contributed by atoms with E-state index < -0.39 is 11.8 Å². The Balaban J connectivity index is 1.60. The smallest absolute Gasteiger partial charge is 0.262 e. The summed E-state index contributed by atoms with van der Waals surface area (Å²) in [5.41, 5.74) is 0.624. The maximum Gasteiger partial charge on any atom is 0.262 e. The zero-order valence-electron chi connectivity index (χ0n) is 13.5. The van der Waals surface area contributed by atoms with Gasteiger partial charge in [0.2, 0.25) is 11.8 Å². The van der Waals surface area contributed by atoms with Gasteiger partial charge in [0.05, 0.1) is 17.2 Å². The second kappa shape index (κ2) is 6.73. The van der Waals surface area contributed by atoms with Crippen LogP contribution in [0.1, 0.15) is 27.1 Å². The molecule has 8 nitrogen and oxygen atoms in total. The Hall–Kier alpha value is -3.21. The Kier molecular flexibility index (Phi) is 4.48. The Morgan fingerprint density at radius 2 is 1.40 bits per heavy atom. The van der Waals surface area contributed by atoms with Crippen LogP contribution < -0.4 is 0 Å². The van der Waals surface area contributed by atoms with Crippen LogP contribution in [0.5, 0.6) is 0 Å². The summed E-state index contributed by atoms with van der Waals surface area (Å²) in [6, 6.07) is 8.30. The van der Waals surface area contributed by atoms with Crippen LogP contribution in [0.2, 0.25) is 0 Å². The Bertz CT molecular complexity index is 755. The summed E-state index contributed by atoms with van der Waals surface area (Å²) in [4.78, 5) is 52.7. The second-order valence-corrected chi connectivity index (χ2v) is 5.84. The van der Waals surface area contributed by atoms with Gasteiger partial charge in [-0.15, -0.1) is 0 Å². The summed E-state index contributed by atoms with van der Waals surface area (Å²) in [5, 5.41) is 8.56. The molecule has 2 aliphatic heterocycles. The van der Waals surface area contributed by atoms with E-state index in [9.17, 15) is 19.2 Å². The number of carbonyl (C=O) groups excluding carboxylic acids is 4. The quantitative estimate of drug-likeness (QED) is 0.713. The highest BCUT2D eigenvalue weighted by atomic mass is 16.2. The molecule has 2 heterocycles. The second-order valence-electron chi connectivity index (χ2n) is 5.84. The maximum atomic E-state index is 12.4. The highest BCUT2D eigenvalue weighted by Crippen LogP contribution is 2.22. The van der Waals surface area contributed by atoms with Gasteiger partial charge in [-0.25, -0.2) is 0 Å². The lowest BCUT2D eigenvalue weighted by Crippen LogP contribution is -2.53. The molecule has 1 aromatic carbocycles. The van der Waals surface area contributed by atoms with E-state index >= 15 is 0 Å². The molecule has 1 fully saturated rings. The lowest BCUT2D eigenvalue weighted by Gasteiger charge is -2.35. The summed E-state index contributed by atoms with van der Waals surface area (Å²) in [6.07, 6.45) is -0.178. The van der Waals surface area contributed by atoms with Crippen LogP contribution in [0, 0.1) is 11.3 Å². The van der Waals surface area contributed by atoms with Gasteiger partial charge >= 0.3 is 0 Å². The average Bonchev–Trinajstić information content (AvgIpc) is 2.87. The van der Waals surface area contributed by atoms with E-state index in [0.717, 1.165) is 4.90 Å². The van der Waals surface area contributed by atoms with Crippen LogP contribution in [0.3, 0.4) is 0 Å². The van der Waals surface area contributed by atoms with Gasteiger partial charge in [0.15, 0.2) is 0 Å². The fourth-order valence-electron chi connectivity index (χ4n) is 3.00. The summed E-state index contributed by atoms with van der Waals surface area (Å²) >= 11 is 0. The Morgan fingerprint density at radius 3 is 1.88 bits per heavy atom. The van der Waals surface area contributed by atoms with E-state index in [2.05, 4.69) is 0 Å². The lowest BCUT2D eigenvalue weighted by molar-refractivity contribution is -0.139. The van der Waals surface area contributed by atoms with Gasteiger partial charge in [-0.3, -0.25) is 24.1 Å². The van der Waals surface area contributed by atoms with E-state index in [0.29, 0.717) is 37.3 Å². The molecule has 8 heteroatoms. The molecule has 1 saturated heterocycles. The van der Waals surface area contributed by atoms with E-state index in [1.54, 1.807) is 24.3 Å². The van der Waals surface area contributed by atoms with Crippen molar-refractivity contribution in [1.82, 2.24) is 14.7 Å². The number of hydrogen-bond acceptors (Lipinski definition) is 5. The molecule has 1 aromatic rings. The van der Waals surface area contributed by atoms with Gasteiger partial charge in [0.25, 0.3) is 11.8 Å². The van der Waals surface area contributed by atoms with Gasteiger partial charge in [-0.2, -0.15) is 5.26 Å². The molecule has 0 atom stereocenters. The first kappa shape index (κ1) is 16.6. The molecule has 0 aromatic heterocycles. The van der Waals surface area contributed by atoms with Crippen molar-refractivity contribution in [2.75, 3.05) is 32.7 Å². The molecule has 3 rings (SSSR count). The number of fused-ring (bicyclic) bond motifs is 1. The van der Waals surface area contributed by atoms with Crippen molar-refractivity contribution in [3.05, 3.63) is 35.4 Å². The van der Waals surface area contributed by atoms with E-state index in [-0.39, 0.29) is 24.8 Å². The topological polar surface area (TPSA) is 102 Å². The third kappa shape index (κ3) is 3.08.